The van der Waals surface area contributed by atoms with Gasteiger partial charge in [0.1, 0.15) is 0 Å². The molecule has 0 aromatic rings. The van der Waals surface area contributed by atoms with Crippen LogP contribution < -0.4 is 5.32 Å². The number of nitrogens with one attached hydrogen (secondary N) is 1. The first-order valence-corrected chi connectivity index (χ1v) is 8.83. The van der Waals surface area contributed by atoms with Crippen LogP contribution in [0.15, 0.2) is 0 Å². The van der Waals surface area contributed by atoms with E-state index in [2.05, 4.69) is 19.2 Å². The second-order valence-corrected chi connectivity index (χ2v) is 7.96. The molecule has 1 N–H and O–H groups in total. The van der Waals surface area contributed by atoms with Crippen LogP contribution in [0.25, 0.3) is 0 Å². The largest absolute Gasteiger partial charge is 0.310 e. The summed E-state index contributed by atoms with van der Waals surface area (Å²) < 4.78 is 24.5. The van der Waals surface area contributed by atoms with Crippen LogP contribution in [0.4, 0.5) is 0 Å². The van der Waals surface area contributed by atoms with Gasteiger partial charge in [-0.05, 0) is 18.8 Å². The Morgan fingerprint density at radius 3 is 2.22 bits per heavy atom. The third-order valence-corrected chi connectivity index (χ3v) is 5.07. The predicted molar refractivity (Wildman–Crippen MR) is 76.1 cm³/mol. The van der Waals surface area contributed by atoms with E-state index in [1.54, 1.807) is 7.05 Å². The number of rotatable bonds is 6. The minimum Gasteiger partial charge on any atom is -0.310 e. The molecule has 0 radical (unpaired) electrons. The fraction of sp³-hybridized carbons (Fsp3) is 1.00. The SMILES string of the molecule is CC(C)N[C@H](CN(C)S(C)(=O)=O)C1CCCCC1. The first kappa shape index (κ1) is 15.9. The second-order valence-electron chi connectivity index (χ2n) is 5.87. The zero-order valence-electron chi connectivity index (χ0n) is 12.1. The Bertz CT molecular complexity index is 335. The highest BCUT2D eigenvalue weighted by atomic mass is 32.2. The van der Waals surface area contributed by atoms with E-state index in [1.807, 2.05) is 0 Å². The van der Waals surface area contributed by atoms with Crippen molar-refractivity contribution < 1.29 is 8.42 Å². The maximum atomic E-state index is 11.5. The molecule has 1 aliphatic rings. The molecular formula is C13H28N2O2S. The van der Waals surface area contributed by atoms with Crippen LogP contribution in [0.1, 0.15) is 46.0 Å². The van der Waals surface area contributed by atoms with Crippen molar-refractivity contribution in [1.82, 2.24) is 9.62 Å². The molecule has 0 unspecified atom stereocenters. The molecule has 0 amide bonds. The molecule has 0 heterocycles. The lowest BCUT2D eigenvalue weighted by atomic mass is 9.83. The molecule has 4 nitrogen and oxygen atoms in total. The van der Waals surface area contributed by atoms with Crippen LogP contribution in [0.3, 0.4) is 0 Å². The van der Waals surface area contributed by atoms with Crippen LogP contribution in [0.5, 0.6) is 0 Å². The second kappa shape index (κ2) is 6.87. The fourth-order valence-corrected chi connectivity index (χ4v) is 3.15. The zero-order valence-corrected chi connectivity index (χ0v) is 13.0. The standard InChI is InChI=1S/C13H28N2O2S/c1-11(2)14-13(10-15(3)18(4,16)17)12-8-6-5-7-9-12/h11-14H,5-10H2,1-4H3/t13-/m1/s1. The number of sulfonamides is 1. The van der Waals surface area contributed by atoms with Crippen LogP contribution in [-0.2, 0) is 10.0 Å². The topological polar surface area (TPSA) is 49.4 Å². The lowest BCUT2D eigenvalue weighted by Gasteiger charge is -2.34. The van der Waals surface area contributed by atoms with Gasteiger partial charge in [-0.1, -0.05) is 33.1 Å². The van der Waals surface area contributed by atoms with Gasteiger partial charge >= 0.3 is 0 Å². The van der Waals surface area contributed by atoms with E-state index in [4.69, 9.17) is 0 Å². The predicted octanol–water partition coefficient (Wildman–Crippen LogP) is 1.82. The molecule has 1 aliphatic carbocycles. The first-order valence-electron chi connectivity index (χ1n) is 6.98. The van der Waals surface area contributed by atoms with Crippen molar-refractivity contribution in [3.05, 3.63) is 0 Å². The minimum absolute atomic E-state index is 0.282. The third kappa shape index (κ3) is 5.24. The van der Waals surface area contributed by atoms with E-state index in [0.717, 1.165) is 0 Å². The average Bonchev–Trinajstić information content (AvgIpc) is 2.27. The number of hydrogen-bond donors (Lipinski definition) is 1. The molecule has 1 atom stereocenters. The Kier molecular flexibility index (Phi) is 6.08. The molecule has 1 rings (SSSR count). The summed E-state index contributed by atoms with van der Waals surface area (Å²) >= 11 is 0. The average molecular weight is 276 g/mol. The normalized spacial score (nSPS) is 20.6. The van der Waals surface area contributed by atoms with Crippen LogP contribution in [0.2, 0.25) is 0 Å². The monoisotopic (exact) mass is 276 g/mol. The zero-order chi connectivity index (χ0) is 13.8. The lowest BCUT2D eigenvalue weighted by molar-refractivity contribution is 0.232. The summed E-state index contributed by atoms with van der Waals surface area (Å²) in [4.78, 5) is 0. The highest BCUT2D eigenvalue weighted by molar-refractivity contribution is 7.88. The van der Waals surface area contributed by atoms with Crippen LogP contribution in [-0.4, -0.2) is 44.7 Å². The molecule has 5 heteroatoms. The maximum absolute atomic E-state index is 11.5. The Morgan fingerprint density at radius 2 is 1.78 bits per heavy atom. The van der Waals surface area contributed by atoms with Crippen molar-refractivity contribution in [2.45, 2.75) is 58.0 Å². The Morgan fingerprint density at radius 1 is 1.22 bits per heavy atom. The summed E-state index contributed by atoms with van der Waals surface area (Å²) in [6, 6.07) is 0.676. The van der Waals surface area contributed by atoms with Crippen molar-refractivity contribution in [1.29, 1.82) is 0 Å². The van der Waals surface area contributed by atoms with Gasteiger partial charge in [0.15, 0.2) is 0 Å². The van der Waals surface area contributed by atoms with E-state index < -0.39 is 10.0 Å². The van der Waals surface area contributed by atoms with Crippen molar-refractivity contribution in [2.24, 2.45) is 5.92 Å². The van der Waals surface area contributed by atoms with Gasteiger partial charge in [0.2, 0.25) is 10.0 Å². The van der Waals surface area contributed by atoms with Gasteiger partial charge in [0.05, 0.1) is 6.26 Å². The molecule has 1 saturated carbocycles. The van der Waals surface area contributed by atoms with Gasteiger partial charge in [0.25, 0.3) is 0 Å². The molecule has 18 heavy (non-hydrogen) atoms. The van der Waals surface area contributed by atoms with Gasteiger partial charge in [-0.3, -0.25) is 0 Å². The van der Waals surface area contributed by atoms with Crippen molar-refractivity contribution in [3.8, 4) is 0 Å². The quantitative estimate of drug-likeness (QED) is 0.805. The highest BCUT2D eigenvalue weighted by Gasteiger charge is 2.27. The summed E-state index contributed by atoms with van der Waals surface area (Å²) in [7, 11) is -1.41. The molecular weight excluding hydrogens is 248 g/mol. The van der Waals surface area contributed by atoms with Gasteiger partial charge in [-0.25, -0.2) is 12.7 Å². The fourth-order valence-electron chi connectivity index (χ4n) is 2.71. The van der Waals surface area contributed by atoms with Gasteiger partial charge in [-0.2, -0.15) is 0 Å². The Balaban J connectivity index is 2.65. The lowest BCUT2D eigenvalue weighted by Crippen LogP contribution is -2.48. The van der Waals surface area contributed by atoms with Crippen LogP contribution in [0, 0.1) is 5.92 Å². The van der Waals surface area contributed by atoms with Crippen molar-refractivity contribution in [3.63, 3.8) is 0 Å². The number of nitrogens with zero attached hydrogens (tertiary/aromatic N) is 1. The maximum Gasteiger partial charge on any atom is 0.211 e. The van der Waals surface area contributed by atoms with Crippen molar-refractivity contribution >= 4 is 10.0 Å². The molecule has 0 aromatic carbocycles. The third-order valence-electron chi connectivity index (χ3n) is 3.79. The van der Waals surface area contributed by atoms with Gasteiger partial charge in [-0.15, -0.1) is 0 Å². The summed E-state index contributed by atoms with van der Waals surface area (Å²) in [5.74, 6) is 0.616. The van der Waals surface area contributed by atoms with Crippen molar-refractivity contribution in [2.75, 3.05) is 19.8 Å². The highest BCUT2D eigenvalue weighted by Crippen LogP contribution is 2.27. The molecule has 0 saturated heterocycles. The molecule has 0 aliphatic heterocycles. The summed E-state index contributed by atoms with van der Waals surface area (Å²) in [5.41, 5.74) is 0. The molecule has 108 valence electrons. The van der Waals surface area contributed by atoms with E-state index in [-0.39, 0.29) is 6.04 Å². The summed E-state index contributed by atoms with van der Waals surface area (Å²) in [5, 5.41) is 3.55. The summed E-state index contributed by atoms with van der Waals surface area (Å²) in [6.07, 6.45) is 7.62. The van der Waals surface area contributed by atoms with Crippen LogP contribution >= 0.6 is 0 Å². The summed E-state index contributed by atoms with van der Waals surface area (Å²) in [6.45, 7) is 4.83. The van der Waals surface area contributed by atoms with Gasteiger partial charge < -0.3 is 5.32 Å². The Labute approximate surface area is 112 Å². The molecule has 0 spiro atoms. The van der Waals surface area contributed by atoms with E-state index in [1.165, 1.54) is 42.7 Å². The molecule has 0 bridgehead atoms. The van der Waals surface area contributed by atoms with E-state index in [9.17, 15) is 8.42 Å². The number of hydrogen-bond acceptors (Lipinski definition) is 3. The smallest absolute Gasteiger partial charge is 0.211 e. The van der Waals surface area contributed by atoms with Gasteiger partial charge in [0, 0.05) is 25.7 Å². The molecule has 0 aromatic heterocycles. The van der Waals surface area contributed by atoms with E-state index in [0.29, 0.717) is 18.5 Å². The first-order chi connectivity index (χ1) is 8.30. The number of likely N-dealkylation sites (N-methyl/N-ethyl adjacent to an activating group) is 1. The van der Waals surface area contributed by atoms with E-state index >= 15 is 0 Å². The molecule has 1 fully saturated rings. The minimum atomic E-state index is -3.08. The Hall–Kier alpha value is -0.130.